The molecular weight excluding hydrogens is 302 g/mol. The predicted octanol–water partition coefficient (Wildman–Crippen LogP) is 1.24. The zero-order valence-electron chi connectivity index (χ0n) is 12.6. The molecule has 22 heavy (non-hydrogen) atoms. The van der Waals surface area contributed by atoms with Gasteiger partial charge in [-0.25, -0.2) is 9.78 Å². The fourth-order valence-corrected chi connectivity index (χ4v) is 3.10. The maximum Gasteiger partial charge on any atom is 0.332 e. The zero-order chi connectivity index (χ0) is 15.9. The van der Waals surface area contributed by atoms with Gasteiger partial charge in [0.1, 0.15) is 11.4 Å². The van der Waals surface area contributed by atoms with E-state index in [1.807, 2.05) is 6.92 Å². The van der Waals surface area contributed by atoms with Gasteiger partial charge in [-0.1, -0.05) is 6.92 Å². The Hall–Kier alpha value is -2.09. The van der Waals surface area contributed by atoms with Crippen molar-refractivity contribution in [1.29, 1.82) is 0 Å². The highest BCUT2D eigenvalue weighted by Crippen LogP contribution is 2.30. The van der Waals surface area contributed by atoms with Crippen molar-refractivity contribution in [3.05, 3.63) is 26.2 Å². The Balaban J connectivity index is 2.10. The molecule has 1 saturated carbocycles. The fourth-order valence-electron chi connectivity index (χ4n) is 2.32. The molecule has 2 heterocycles. The highest BCUT2D eigenvalue weighted by Gasteiger charge is 2.23. The summed E-state index contributed by atoms with van der Waals surface area (Å²) in [6.45, 7) is 2.43. The van der Waals surface area contributed by atoms with Crippen molar-refractivity contribution < 1.29 is 0 Å². The largest absolute Gasteiger partial charge is 0.384 e. The summed E-state index contributed by atoms with van der Waals surface area (Å²) in [6.07, 6.45) is 3.06. The maximum absolute atomic E-state index is 12.4. The third kappa shape index (κ3) is 2.54. The molecule has 0 spiro atoms. The molecule has 0 aliphatic heterocycles. The Morgan fingerprint density at radius 1 is 1.45 bits per heavy atom. The van der Waals surface area contributed by atoms with E-state index in [9.17, 15) is 9.59 Å². The summed E-state index contributed by atoms with van der Waals surface area (Å²) in [5.41, 5.74) is 6.12. The van der Waals surface area contributed by atoms with E-state index in [1.165, 1.54) is 23.0 Å². The van der Waals surface area contributed by atoms with Gasteiger partial charge in [-0.2, -0.15) is 0 Å². The molecule has 2 aromatic rings. The lowest BCUT2D eigenvalue weighted by atomic mass is 10.2. The minimum Gasteiger partial charge on any atom is -0.384 e. The first kappa shape index (κ1) is 14.8. The Morgan fingerprint density at radius 3 is 2.82 bits per heavy atom. The number of nitrogens with one attached hydrogen (secondary N) is 1. The van der Waals surface area contributed by atoms with Crippen molar-refractivity contribution >= 4 is 22.3 Å². The van der Waals surface area contributed by atoms with Gasteiger partial charge in [0.2, 0.25) is 0 Å². The Morgan fingerprint density at radius 2 is 2.18 bits per heavy atom. The summed E-state index contributed by atoms with van der Waals surface area (Å²) in [7, 11) is 1.47. The quantitative estimate of drug-likeness (QED) is 0.864. The van der Waals surface area contributed by atoms with E-state index in [2.05, 4.69) is 10.3 Å². The molecule has 118 valence electrons. The van der Waals surface area contributed by atoms with Crippen LogP contribution in [0.15, 0.2) is 15.0 Å². The van der Waals surface area contributed by atoms with Gasteiger partial charge >= 0.3 is 5.69 Å². The average molecular weight is 321 g/mol. The van der Waals surface area contributed by atoms with E-state index in [0.29, 0.717) is 23.8 Å². The molecule has 0 unspecified atom stereocenters. The second-order valence-electron chi connectivity index (χ2n) is 5.52. The number of hydrogen-bond donors (Lipinski definition) is 2. The highest BCUT2D eigenvalue weighted by atomic mass is 32.1. The van der Waals surface area contributed by atoms with E-state index in [1.54, 1.807) is 5.38 Å². The first-order chi connectivity index (χ1) is 10.5. The average Bonchev–Trinajstić information content (AvgIpc) is 3.19. The van der Waals surface area contributed by atoms with Crippen molar-refractivity contribution in [2.24, 2.45) is 7.05 Å². The van der Waals surface area contributed by atoms with Crippen molar-refractivity contribution in [3.63, 3.8) is 0 Å². The molecule has 3 N–H and O–H groups in total. The molecule has 0 atom stereocenters. The van der Waals surface area contributed by atoms with Crippen LogP contribution in [0.4, 0.5) is 10.9 Å². The number of anilines is 2. The summed E-state index contributed by atoms with van der Waals surface area (Å²) >= 11 is 1.45. The van der Waals surface area contributed by atoms with Gasteiger partial charge in [0, 0.05) is 25.0 Å². The van der Waals surface area contributed by atoms with E-state index >= 15 is 0 Å². The molecule has 0 aromatic carbocycles. The van der Waals surface area contributed by atoms with Gasteiger partial charge < -0.3 is 11.1 Å². The minimum absolute atomic E-state index is 0.193. The van der Waals surface area contributed by atoms with Crippen LogP contribution in [0.2, 0.25) is 0 Å². The van der Waals surface area contributed by atoms with Crippen molar-refractivity contribution in [2.45, 2.75) is 38.8 Å². The van der Waals surface area contributed by atoms with E-state index in [-0.39, 0.29) is 11.5 Å². The third-order valence-corrected chi connectivity index (χ3v) is 4.47. The minimum atomic E-state index is -0.405. The number of rotatable bonds is 5. The number of nitrogen functional groups attached to an aromatic ring is 1. The number of nitrogens with two attached hydrogens (primary N) is 1. The summed E-state index contributed by atoms with van der Waals surface area (Å²) < 4.78 is 2.53. The fraction of sp³-hybridized carbons (Fsp3) is 0.500. The van der Waals surface area contributed by atoms with Crippen LogP contribution in [0.5, 0.6) is 0 Å². The van der Waals surface area contributed by atoms with Gasteiger partial charge in [0.05, 0.1) is 5.69 Å². The number of hydrogen-bond acceptors (Lipinski definition) is 6. The molecule has 8 heteroatoms. The Labute approximate surface area is 131 Å². The second kappa shape index (κ2) is 5.60. The normalized spacial score (nSPS) is 14.3. The van der Waals surface area contributed by atoms with Gasteiger partial charge in [-0.05, 0) is 19.3 Å². The van der Waals surface area contributed by atoms with Crippen LogP contribution in [0.1, 0.15) is 26.2 Å². The molecule has 0 radical (unpaired) electrons. The zero-order valence-corrected chi connectivity index (χ0v) is 13.4. The summed E-state index contributed by atoms with van der Waals surface area (Å²) in [5.74, 6) is 0.193. The molecule has 1 aliphatic rings. The van der Waals surface area contributed by atoms with Gasteiger partial charge in [-0.3, -0.25) is 13.9 Å². The molecule has 2 aromatic heterocycles. The molecule has 0 bridgehead atoms. The van der Waals surface area contributed by atoms with Crippen LogP contribution in [0.3, 0.4) is 0 Å². The third-order valence-electron chi connectivity index (χ3n) is 3.70. The van der Waals surface area contributed by atoms with Crippen molar-refractivity contribution in [3.8, 4) is 11.3 Å². The van der Waals surface area contributed by atoms with Gasteiger partial charge in [0.15, 0.2) is 5.13 Å². The first-order valence-electron chi connectivity index (χ1n) is 7.34. The van der Waals surface area contributed by atoms with E-state index in [0.717, 1.165) is 29.0 Å². The van der Waals surface area contributed by atoms with Crippen molar-refractivity contribution in [2.75, 3.05) is 11.1 Å². The molecule has 7 nitrogen and oxygen atoms in total. The predicted molar refractivity (Wildman–Crippen MR) is 88.4 cm³/mol. The lowest BCUT2D eigenvalue weighted by molar-refractivity contribution is 0.600. The van der Waals surface area contributed by atoms with Crippen LogP contribution < -0.4 is 22.3 Å². The number of thiazole rings is 1. The summed E-state index contributed by atoms with van der Waals surface area (Å²) in [6, 6.07) is 0.494. The van der Waals surface area contributed by atoms with Crippen LogP contribution in [0, 0.1) is 0 Å². The standard InChI is InChI=1S/C14H19N5O2S/c1-3-6-19-11(15)10(12(20)18(2)14(19)21)9-7-22-13(17-9)16-8-4-5-8/h7-8H,3-6,15H2,1-2H3,(H,16,17). The number of nitrogens with zero attached hydrogens (tertiary/aromatic N) is 3. The number of aromatic nitrogens is 3. The first-order valence-corrected chi connectivity index (χ1v) is 8.22. The lowest BCUT2D eigenvalue weighted by Crippen LogP contribution is -2.40. The van der Waals surface area contributed by atoms with Crippen LogP contribution >= 0.6 is 11.3 Å². The molecule has 3 rings (SSSR count). The van der Waals surface area contributed by atoms with Crippen LogP contribution in [-0.4, -0.2) is 20.2 Å². The summed E-state index contributed by atoms with van der Waals surface area (Å²) in [4.78, 5) is 29.0. The van der Waals surface area contributed by atoms with Crippen molar-refractivity contribution in [1.82, 2.24) is 14.1 Å². The second-order valence-corrected chi connectivity index (χ2v) is 6.37. The Bertz CT molecular complexity index is 816. The molecular formula is C14H19N5O2S. The topological polar surface area (TPSA) is 94.9 Å². The molecule has 1 aliphatic carbocycles. The molecule has 0 saturated heterocycles. The van der Waals surface area contributed by atoms with Gasteiger partial charge in [0.25, 0.3) is 5.56 Å². The van der Waals surface area contributed by atoms with E-state index in [4.69, 9.17) is 5.73 Å². The summed E-state index contributed by atoms with van der Waals surface area (Å²) in [5, 5.41) is 5.89. The molecule has 0 amide bonds. The SMILES string of the molecule is CCCn1c(N)c(-c2csc(NC3CC3)n2)c(=O)n(C)c1=O. The smallest absolute Gasteiger partial charge is 0.332 e. The molecule has 1 fully saturated rings. The van der Waals surface area contributed by atoms with E-state index < -0.39 is 5.56 Å². The monoisotopic (exact) mass is 321 g/mol. The lowest BCUT2D eigenvalue weighted by Gasteiger charge is -2.13. The Kier molecular flexibility index (Phi) is 3.78. The van der Waals surface area contributed by atoms with Crippen LogP contribution in [-0.2, 0) is 13.6 Å². The van der Waals surface area contributed by atoms with Crippen LogP contribution in [0.25, 0.3) is 11.3 Å². The van der Waals surface area contributed by atoms with Gasteiger partial charge in [-0.15, -0.1) is 11.3 Å². The highest BCUT2D eigenvalue weighted by molar-refractivity contribution is 7.14. The maximum atomic E-state index is 12.4.